The Kier molecular flexibility index (Phi) is 2.07. The van der Waals surface area contributed by atoms with Gasteiger partial charge in [-0.15, -0.1) is 0 Å². The van der Waals surface area contributed by atoms with Crippen LogP contribution in [0.25, 0.3) is 10.9 Å². The summed E-state index contributed by atoms with van der Waals surface area (Å²) in [5, 5.41) is 4.21. The predicted octanol–water partition coefficient (Wildman–Crippen LogP) is 1.58. The Morgan fingerprint density at radius 1 is 1.38 bits per heavy atom. The van der Waals surface area contributed by atoms with E-state index in [1.54, 1.807) is 0 Å². The monoisotopic (exact) mass is 214 g/mol. The molecule has 0 aliphatic carbocycles. The first-order valence-electron chi connectivity index (χ1n) is 5.56. The highest BCUT2D eigenvalue weighted by atomic mass is 16.1. The number of nitrogens with one attached hydrogen (secondary N) is 1. The van der Waals surface area contributed by atoms with Crippen molar-refractivity contribution in [1.29, 1.82) is 0 Å². The van der Waals surface area contributed by atoms with Crippen LogP contribution in [-0.4, -0.2) is 23.4 Å². The number of aromatic nitrogens is 1. The summed E-state index contributed by atoms with van der Waals surface area (Å²) in [6, 6.07) is 8.05. The second-order valence-corrected chi connectivity index (χ2v) is 4.39. The van der Waals surface area contributed by atoms with Crippen molar-refractivity contribution >= 4 is 16.7 Å². The zero-order chi connectivity index (χ0) is 11.1. The number of fused-ring (bicyclic) bond motifs is 1. The van der Waals surface area contributed by atoms with Gasteiger partial charge in [0.2, 0.25) is 0 Å². The second-order valence-electron chi connectivity index (χ2n) is 4.39. The molecule has 2 heterocycles. The minimum Gasteiger partial charge on any atom is -0.350 e. The molecule has 1 N–H and O–H groups in total. The Morgan fingerprint density at radius 2 is 2.12 bits per heavy atom. The van der Waals surface area contributed by atoms with Gasteiger partial charge in [-0.25, -0.2) is 0 Å². The van der Waals surface area contributed by atoms with E-state index in [4.69, 9.17) is 0 Å². The van der Waals surface area contributed by atoms with Crippen LogP contribution in [0.5, 0.6) is 0 Å². The lowest BCUT2D eigenvalue weighted by Crippen LogP contribution is -2.46. The van der Waals surface area contributed by atoms with Gasteiger partial charge >= 0.3 is 0 Å². The van der Waals surface area contributed by atoms with Crippen molar-refractivity contribution in [1.82, 2.24) is 9.88 Å². The molecular formula is C13H14N2O. The van der Waals surface area contributed by atoms with Crippen LogP contribution in [0.1, 0.15) is 10.4 Å². The summed E-state index contributed by atoms with van der Waals surface area (Å²) in [7, 11) is 1.98. The van der Waals surface area contributed by atoms with E-state index in [9.17, 15) is 4.79 Å². The van der Waals surface area contributed by atoms with Crippen LogP contribution in [0, 0.1) is 5.92 Å². The lowest BCUT2D eigenvalue weighted by molar-refractivity contribution is 0.0879. The zero-order valence-electron chi connectivity index (χ0n) is 9.23. The van der Waals surface area contributed by atoms with Gasteiger partial charge in [-0.1, -0.05) is 18.2 Å². The van der Waals surface area contributed by atoms with Crippen molar-refractivity contribution in [2.75, 3.05) is 13.1 Å². The minimum absolute atomic E-state index is 0.172. The van der Waals surface area contributed by atoms with Crippen LogP contribution in [0.3, 0.4) is 0 Å². The van der Waals surface area contributed by atoms with Crippen molar-refractivity contribution in [3.8, 4) is 0 Å². The second kappa shape index (κ2) is 3.46. The summed E-state index contributed by atoms with van der Waals surface area (Å²) in [5.74, 6) is 0.446. The zero-order valence-corrected chi connectivity index (χ0v) is 9.23. The molecule has 1 fully saturated rings. The van der Waals surface area contributed by atoms with E-state index in [2.05, 4.69) is 5.32 Å². The first kappa shape index (κ1) is 9.60. The van der Waals surface area contributed by atoms with Gasteiger partial charge in [-0.3, -0.25) is 4.79 Å². The minimum atomic E-state index is 0.172. The summed E-state index contributed by atoms with van der Waals surface area (Å²) in [6.45, 7) is 1.64. The van der Waals surface area contributed by atoms with Gasteiger partial charge in [0.25, 0.3) is 0 Å². The summed E-state index contributed by atoms with van der Waals surface area (Å²) >= 11 is 0. The van der Waals surface area contributed by atoms with Gasteiger partial charge in [0.15, 0.2) is 5.78 Å². The molecule has 2 aromatic rings. The highest BCUT2D eigenvalue weighted by Crippen LogP contribution is 2.23. The summed E-state index contributed by atoms with van der Waals surface area (Å²) < 4.78 is 2.02. The van der Waals surface area contributed by atoms with Crippen LogP contribution in [-0.2, 0) is 7.05 Å². The number of nitrogens with zero attached hydrogens (tertiary/aromatic N) is 1. The van der Waals surface area contributed by atoms with Gasteiger partial charge in [0.05, 0.1) is 0 Å². The van der Waals surface area contributed by atoms with Gasteiger partial charge in [0, 0.05) is 48.7 Å². The number of Topliss-reactive ketones (excluding diaryl/α,β-unsaturated/α-hetero) is 1. The molecule has 16 heavy (non-hydrogen) atoms. The average molecular weight is 214 g/mol. The van der Waals surface area contributed by atoms with Crippen molar-refractivity contribution < 1.29 is 4.79 Å². The Labute approximate surface area is 94.1 Å². The van der Waals surface area contributed by atoms with Crippen LogP contribution < -0.4 is 5.32 Å². The van der Waals surface area contributed by atoms with E-state index >= 15 is 0 Å². The molecule has 0 saturated carbocycles. The summed E-state index contributed by atoms with van der Waals surface area (Å²) in [6.07, 6.45) is 1.95. The molecule has 0 unspecified atom stereocenters. The lowest BCUT2D eigenvalue weighted by atomic mass is 9.93. The van der Waals surface area contributed by atoms with E-state index in [-0.39, 0.29) is 11.7 Å². The van der Waals surface area contributed by atoms with E-state index in [1.807, 2.05) is 42.1 Å². The molecule has 0 amide bonds. The van der Waals surface area contributed by atoms with Crippen molar-refractivity contribution in [3.05, 3.63) is 36.0 Å². The number of rotatable bonds is 2. The van der Waals surface area contributed by atoms with E-state index in [1.165, 1.54) is 0 Å². The predicted molar refractivity (Wildman–Crippen MR) is 63.6 cm³/mol. The number of carbonyl (C=O) groups excluding carboxylic acids is 1. The van der Waals surface area contributed by atoms with E-state index < -0.39 is 0 Å². The molecule has 0 spiro atoms. The number of benzene rings is 1. The molecule has 3 heteroatoms. The van der Waals surface area contributed by atoms with Crippen molar-refractivity contribution in [3.63, 3.8) is 0 Å². The number of aryl methyl sites for hydroxylation is 1. The van der Waals surface area contributed by atoms with Gasteiger partial charge in [0.1, 0.15) is 0 Å². The Bertz CT molecular complexity index is 552. The van der Waals surface area contributed by atoms with Gasteiger partial charge in [-0.2, -0.15) is 0 Å². The Morgan fingerprint density at radius 3 is 2.81 bits per heavy atom. The smallest absolute Gasteiger partial charge is 0.170 e. The van der Waals surface area contributed by atoms with Gasteiger partial charge < -0.3 is 9.88 Å². The summed E-state index contributed by atoms with van der Waals surface area (Å²) in [5.41, 5.74) is 1.99. The maximum atomic E-state index is 12.2. The molecule has 1 aliphatic rings. The highest BCUT2D eigenvalue weighted by Gasteiger charge is 2.27. The summed E-state index contributed by atoms with van der Waals surface area (Å²) in [4.78, 5) is 12.2. The third-order valence-corrected chi connectivity index (χ3v) is 3.31. The fourth-order valence-electron chi connectivity index (χ4n) is 2.23. The third-order valence-electron chi connectivity index (χ3n) is 3.31. The first-order valence-corrected chi connectivity index (χ1v) is 5.56. The SMILES string of the molecule is Cn1cc(C(=O)C2CNC2)c2ccccc21. The molecule has 1 aromatic carbocycles. The van der Waals surface area contributed by atoms with Crippen LogP contribution in [0.4, 0.5) is 0 Å². The number of hydrogen-bond donors (Lipinski definition) is 1. The molecule has 0 radical (unpaired) electrons. The Balaban J connectivity index is 2.12. The maximum absolute atomic E-state index is 12.2. The van der Waals surface area contributed by atoms with Crippen molar-refractivity contribution in [2.24, 2.45) is 13.0 Å². The maximum Gasteiger partial charge on any atom is 0.170 e. The molecule has 1 aromatic heterocycles. The quantitative estimate of drug-likeness (QED) is 0.770. The van der Waals surface area contributed by atoms with Crippen LogP contribution in [0.2, 0.25) is 0 Å². The van der Waals surface area contributed by atoms with E-state index in [0.717, 1.165) is 29.6 Å². The Hall–Kier alpha value is -1.61. The number of hydrogen-bond acceptors (Lipinski definition) is 2. The standard InChI is InChI=1S/C13H14N2O/c1-15-8-11(13(16)9-6-14-7-9)10-4-2-3-5-12(10)15/h2-5,8-9,14H,6-7H2,1H3. The first-order chi connectivity index (χ1) is 7.77. The normalized spacial score (nSPS) is 16.3. The fraction of sp³-hybridized carbons (Fsp3) is 0.308. The third kappa shape index (κ3) is 1.28. The fourth-order valence-corrected chi connectivity index (χ4v) is 2.23. The number of para-hydroxylation sites is 1. The lowest BCUT2D eigenvalue weighted by Gasteiger charge is -2.25. The largest absolute Gasteiger partial charge is 0.350 e. The average Bonchev–Trinajstić information content (AvgIpc) is 2.55. The molecular weight excluding hydrogens is 200 g/mol. The molecule has 3 nitrogen and oxygen atoms in total. The topological polar surface area (TPSA) is 34.0 Å². The van der Waals surface area contributed by atoms with E-state index in [0.29, 0.717) is 0 Å². The van der Waals surface area contributed by atoms with Crippen LogP contribution >= 0.6 is 0 Å². The molecule has 0 bridgehead atoms. The van der Waals surface area contributed by atoms with Crippen molar-refractivity contribution in [2.45, 2.75) is 0 Å². The molecule has 1 saturated heterocycles. The van der Waals surface area contributed by atoms with Gasteiger partial charge in [-0.05, 0) is 6.07 Å². The molecule has 0 atom stereocenters. The highest BCUT2D eigenvalue weighted by molar-refractivity contribution is 6.09. The van der Waals surface area contributed by atoms with Crippen LogP contribution in [0.15, 0.2) is 30.5 Å². The number of carbonyl (C=O) groups is 1. The molecule has 82 valence electrons. The number of ketones is 1. The molecule has 3 rings (SSSR count). The molecule has 1 aliphatic heterocycles.